The maximum Gasteiger partial charge on any atom is 0.320 e. The van der Waals surface area contributed by atoms with Crippen molar-refractivity contribution in [3.05, 3.63) is 0 Å². The van der Waals surface area contributed by atoms with Gasteiger partial charge in [0.05, 0.1) is 26.4 Å². The Morgan fingerprint density at radius 2 is 1.79 bits per heavy atom. The molecule has 0 spiro atoms. The quantitative estimate of drug-likeness (QED) is 0.471. The molecule has 1 aliphatic heterocycles. The van der Waals surface area contributed by atoms with E-state index in [0.29, 0.717) is 39.6 Å². The van der Waals surface area contributed by atoms with Gasteiger partial charge in [-0.2, -0.15) is 0 Å². The lowest BCUT2D eigenvalue weighted by Gasteiger charge is -2.28. The van der Waals surface area contributed by atoms with Gasteiger partial charge in [0, 0.05) is 25.7 Å². The minimum absolute atomic E-state index is 0.191. The van der Waals surface area contributed by atoms with Gasteiger partial charge in [-0.3, -0.25) is 9.69 Å². The van der Waals surface area contributed by atoms with E-state index in [1.807, 2.05) is 6.92 Å². The molecule has 6 nitrogen and oxygen atoms in total. The van der Waals surface area contributed by atoms with Crippen molar-refractivity contribution in [1.29, 1.82) is 0 Å². The van der Waals surface area contributed by atoms with Crippen molar-refractivity contribution < 1.29 is 19.0 Å². The Morgan fingerprint density at radius 3 is 2.47 bits per heavy atom. The highest BCUT2D eigenvalue weighted by Crippen LogP contribution is 2.07. The minimum atomic E-state index is -0.191. The molecule has 0 bridgehead atoms. The van der Waals surface area contributed by atoms with Crippen molar-refractivity contribution in [3.63, 3.8) is 0 Å². The van der Waals surface area contributed by atoms with E-state index < -0.39 is 0 Å². The van der Waals surface area contributed by atoms with Crippen LogP contribution in [0.15, 0.2) is 0 Å². The first-order valence-electron chi connectivity index (χ1n) is 7.01. The van der Waals surface area contributed by atoms with Crippen LogP contribution in [-0.2, 0) is 19.0 Å². The molecule has 1 aliphatic rings. The molecule has 0 radical (unpaired) electrons. The maximum absolute atomic E-state index is 11.6. The van der Waals surface area contributed by atoms with Crippen LogP contribution in [0, 0.1) is 0 Å². The minimum Gasteiger partial charge on any atom is -0.462 e. The molecule has 112 valence electrons. The van der Waals surface area contributed by atoms with Crippen molar-refractivity contribution >= 4 is 5.97 Å². The molecular weight excluding hydrogens is 248 g/mol. The van der Waals surface area contributed by atoms with Crippen LogP contribution >= 0.6 is 0 Å². The zero-order valence-electron chi connectivity index (χ0n) is 11.8. The molecule has 2 N–H and O–H groups in total. The number of nitrogens with two attached hydrogens (primary N) is 1. The van der Waals surface area contributed by atoms with E-state index in [1.54, 1.807) is 0 Å². The highest BCUT2D eigenvalue weighted by molar-refractivity contribution is 5.71. The Balaban J connectivity index is 1.93. The summed E-state index contributed by atoms with van der Waals surface area (Å²) in [4.78, 5) is 13.6. The first-order valence-corrected chi connectivity index (χ1v) is 7.01. The van der Waals surface area contributed by atoms with Gasteiger partial charge in [0.25, 0.3) is 0 Å². The largest absolute Gasteiger partial charge is 0.462 e. The Bertz CT molecular complexity index is 243. The summed E-state index contributed by atoms with van der Waals surface area (Å²) >= 11 is 0. The van der Waals surface area contributed by atoms with Gasteiger partial charge in [-0.25, -0.2) is 0 Å². The number of rotatable bonds is 9. The normalized spacial score (nSPS) is 17.6. The SMILES string of the molecule is CCOCCOCCOC(=O)CN1CCC(N)CC1. The topological polar surface area (TPSA) is 74.0 Å². The third-order valence-electron chi connectivity index (χ3n) is 3.05. The highest BCUT2D eigenvalue weighted by atomic mass is 16.6. The molecule has 1 heterocycles. The van der Waals surface area contributed by atoms with E-state index in [-0.39, 0.29) is 12.0 Å². The third kappa shape index (κ3) is 8.15. The van der Waals surface area contributed by atoms with Crippen LogP contribution < -0.4 is 5.73 Å². The molecule has 0 saturated carbocycles. The Kier molecular flexibility index (Phi) is 8.73. The van der Waals surface area contributed by atoms with Gasteiger partial charge in [0.15, 0.2) is 0 Å². The lowest BCUT2D eigenvalue weighted by atomic mass is 10.1. The fourth-order valence-electron chi connectivity index (χ4n) is 1.92. The number of likely N-dealkylation sites (tertiary alicyclic amines) is 1. The Labute approximate surface area is 115 Å². The van der Waals surface area contributed by atoms with Gasteiger partial charge in [0.1, 0.15) is 6.61 Å². The predicted molar refractivity (Wildman–Crippen MR) is 71.9 cm³/mol. The molecular formula is C13H26N2O4. The predicted octanol–water partition coefficient (Wildman–Crippen LogP) is 0.00580. The molecule has 1 rings (SSSR count). The van der Waals surface area contributed by atoms with E-state index in [0.717, 1.165) is 25.9 Å². The molecule has 1 saturated heterocycles. The smallest absolute Gasteiger partial charge is 0.320 e. The zero-order chi connectivity index (χ0) is 13.9. The van der Waals surface area contributed by atoms with Crippen molar-refractivity contribution in [2.45, 2.75) is 25.8 Å². The van der Waals surface area contributed by atoms with Crippen LogP contribution in [0.2, 0.25) is 0 Å². The number of piperidine rings is 1. The van der Waals surface area contributed by atoms with Crippen LogP contribution in [-0.4, -0.2) is 69.6 Å². The summed E-state index contributed by atoms with van der Waals surface area (Å²) in [6.07, 6.45) is 1.90. The molecule has 0 aromatic rings. The van der Waals surface area contributed by atoms with Crippen molar-refractivity contribution in [1.82, 2.24) is 4.90 Å². The standard InChI is InChI=1S/C13H26N2O4/c1-2-17-7-8-18-9-10-19-13(16)11-15-5-3-12(14)4-6-15/h12H,2-11,14H2,1H3. The Hall–Kier alpha value is -0.690. The van der Waals surface area contributed by atoms with Gasteiger partial charge >= 0.3 is 5.97 Å². The molecule has 0 aliphatic carbocycles. The van der Waals surface area contributed by atoms with Crippen LogP contribution in [0.4, 0.5) is 0 Å². The summed E-state index contributed by atoms with van der Waals surface area (Å²) in [7, 11) is 0. The fourth-order valence-corrected chi connectivity index (χ4v) is 1.92. The highest BCUT2D eigenvalue weighted by Gasteiger charge is 2.18. The number of ether oxygens (including phenoxy) is 3. The summed E-state index contributed by atoms with van der Waals surface area (Å²) in [6.45, 7) is 6.58. The first-order chi connectivity index (χ1) is 9.22. The molecule has 1 fully saturated rings. The molecule has 0 amide bonds. The molecule has 0 aromatic carbocycles. The summed E-state index contributed by atoms with van der Waals surface area (Å²) in [5, 5.41) is 0. The second kappa shape index (κ2) is 10.1. The molecule has 0 atom stereocenters. The van der Waals surface area contributed by atoms with Crippen LogP contribution in [0.25, 0.3) is 0 Å². The van der Waals surface area contributed by atoms with Gasteiger partial charge in [-0.05, 0) is 19.8 Å². The van der Waals surface area contributed by atoms with Crippen LogP contribution in [0.1, 0.15) is 19.8 Å². The second-order valence-electron chi connectivity index (χ2n) is 4.64. The van der Waals surface area contributed by atoms with Gasteiger partial charge in [-0.15, -0.1) is 0 Å². The number of esters is 1. The van der Waals surface area contributed by atoms with E-state index in [9.17, 15) is 4.79 Å². The fraction of sp³-hybridized carbons (Fsp3) is 0.923. The molecule has 0 aromatic heterocycles. The van der Waals surface area contributed by atoms with E-state index in [4.69, 9.17) is 19.9 Å². The average Bonchev–Trinajstić information content (AvgIpc) is 2.40. The monoisotopic (exact) mass is 274 g/mol. The number of nitrogens with zero attached hydrogens (tertiary/aromatic N) is 1. The van der Waals surface area contributed by atoms with Crippen LogP contribution in [0.5, 0.6) is 0 Å². The molecule has 19 heavy (non-hydrogen) atoms. The van der Waals surface area contributed by atoms with Gasteiger partial charge < -0.3 is 19.9 Å². The van der Waals surface area contributed by atoms with E-state index in [1.165, 1.54) is 0 Å². The first kappa shape index (κ1) is 16.4. The third-order valence-corrected chi connectivity index (χ3v) is 3.05. The average molecular weight is 274 g/mol. The van der Waals surface area contributed by atoms with Crippen molar-refractivity contribution in [2.24, 2.45) is 5.73 Å². The summed E-state index contributed by atoms with van der Waals surface area (Å²) in [6, 6.07) is 0.283. The van der Waals surface area contributed by atoms with E-state index >= 15 is 0 Å². The summed E-state index contributed by atoms with van der Waals surface area (Å²) in [5.74, 6) is -0.191. The summed E-state index contributed by atoms with van der Waals surface area (Å²) in [5.41, 5.74) is 5.81. The lowest BCUT2D eigenvalue weighted by Crippen LogP contribution is -2.42. The maximum atomic E-state index is 11.6. The molecule has 0 unspecified atom stereocenters. The number of carbonyl (C=O) groups excluding carboxylic acids is 1. The second-order valence-corrected chi connectivity index (χ2v) is 4.64. The van der Waals surface area contributed by atoms with Gasteiger partial charge in [-0.1, -0.05) is 0 Å². The van der Waals surface area contributed by atoms with Crippen molar-refractivity contribution in [2.75, 3.05) is 52.7 Å². The number of hydrogen-bond acceptors (Lipinski definition) is 6. The lowest BCUT2D eigenvalue weighted by molar-refractivity contribution is -0.146. The van der Waals surface area contributed by atoms with E-state index in [2.05, 4.69) is 4.90 Å². The van der Waals surface area contributed by atoms with Crippen molar-refractivity contribution in [3.8, 4) is 0 Å². The van der Waals surface area contributed by atoms with Gasteiger partial charge in [0.2, 0.25) is 0 Å². The Morgan fingerprint density at radius 1 is 1.16 bits per heavy atom. The van der Waals surface area contributed by atoms with Crippen LogP contribution in [0.3, 0.4) is 0 Å². The number of carbonyl (C=O) groups is 1. The number of hydrogen-bond donors (Lipinski definition) is 1. The molecule has 6 heteroatoms. The summed E-state index contributed by atoms with van der Waals surface area (Å²) < 4.78 is 15.5. The zero-order valence-corrected chi connectivity index (χ0v) is 11.8.